The van der Waals surface area contributed by atoms with E-state index in [1.807, 2.05) is 0 Å². The molecule has 6 heteroatoms. The van der Waals surface area contributed by atoms with Crippen LogP contribution in [0.5, 0.6) is 0 Å². The first-order chi connectivity index (χ1) is 7.18. The Labute approximate surface area is 85.2 Å². The lowest BCUT2D eigenvalue weighted by Gasteiger charge is -2.01. The van der Waals surface area contributed by atoms with E-state index in [1.165, 1.54) is 23.1 Å². The predicted molar refractivity (Wildman–Crippen MR) is 50.9 cm³/mol. The van der Waals surface area contributed by atoms with E-state index in [-0.39, 0.29) is 5.69 Å². The molecule has 76 valence electrons. The highest BCUT2D eigenvalue weighted by Crippen LogP contribution is 2.09. The molecule has 2 heterocycles. The number of carbonyl (C=O) groups is 1. The number of rotatable bonds is 2. The van der Waals surface area contributed by atoms with Crippen molar-refractivity contribution >= 4 is 5.97 Å². The summed E-state index contributed by atoms with van der Waals surface area (Å²) in [7, 11) is 0. The van der Waals surface area contributed by atoms with E-state index in [1.54, 1.807) is 13.0 Å². The van der Waals surface area contributed by atoms with Gasteiger partial charge in [-0.25, -0.2) is 9.48 Å². The summed E-state index contributed by atoms with van der Waals surface area (Å²) in [5, 5.41) is 20.0. The first kappa shape index (κ1) is 9.32. The van der Waals surface area contributed by atoms with E-state index in [9.17, 15) is 4.79 Å². The topological polar surface area (TPSA) is 80.9 Å². The maximum atomic E-state index is 10.7. The molecule has 0 unspecified atom stereocenters. The molecule has 2 rings (SSSR count). The zero-order valence-electron chi connectivity index (χ0n) is 7.95. The fraction of sp³-hybridized carbons (Fsp3) is 0.111. The fourth-order valence-corrected chi connectivity index (χ4v) is 1.25. The van der Waals surface area contributed by atoms with Gasteiger partial charge in [-0.1, -0.05) is 0 Å². The molecule has 1 N–H and O–H groups in total. The molecule has 0 spiro atoms. The molecule has 0 amide bonds. The van der Waals surface area contributed by atoms with Crippen LogP contribution in [0, 0.1) is 6.92 Å². The SMILES string of the molecule is Cc1cc(C(=O)O)nn1-c1ccnnc1. The van der Waals surface area contributed by atoms with Gasteiger partial charge >= 0.3 is 5.97 Å². The second-order valence-corrected chi connectivity index (χ2v) is 2.99. The van der Waals surface area contributed by atoms with E-state index in [4.69, 9.17) is 5.11 Å². The zero-order valence-corrected chi connectivity index (χ0v) is 7.95. The van der Waals surface area contributed by atoms with Crippen LogP contribution in [0.3, 0.4) is 0 Å². The van der Waals surface area contributed by atoms with Crippen LogP contribution in [-0.4, -0.2) is 31.1 Å². The van der Waals surface area contributed by atoms with Crippen LogP contribution in [0.1, 0.15) is 16.2 Å². The Bertz CT molecular complexity index is 492. The number of aromatic nitrogens is 4. The molecule has 0 aliphatic heterocycles. The molecule has 0 aliphatic rings. The van der Waals surface area contributed by atoms with Gasteiger partial charge in [-0.3, -0.25) is 0 Å². The molecule has 0 radical (unpaired) electrons. The lowest BCUT2D eigenvalue weighted by atomic mass is 10.4. The van der Waals surface area contributed by atoms with Crippen molar-refractivity contribution in [3.8, 4) is 5.69 Å². The lowest BCUT2D eigenvalue weighted by molar-refractivity contribution is 0.0690. The van der Waals surface area contributed by atoms with Gasteiger partial charge in [-0.2, -0.15) is 15.3 Å². The molecule has 2 aromatic heterocycles. The normalized spacial score (nSPS) is 10.2. The van der Waals surface area contributed by atoms with Gasteiger partial charge in [0.1, 0.15) is 0 Å². The largest absolute Gasteiger partial charge is 0.476 e. The van der Waals surface area contributed by atoms with Crippen molar-refractivity contribution in [1.82, 2.24) is 20.0 Å². The second kappa shape index (κ2) is 3.49. The van der Waals surface area contributed by atoms with Gasteiger partial charge in [0, 0.05) is 5.69 Å². The van der Waals surface area contributed by atoms with E-state index >= 15 is 0 Å². The van der Waals surface area contributed by atoms with Crippen molar-refractivity contribution in [1.29, 1.82) is 0 Å². The first-order valence-corrected chi connectivity index (χ1v) is 4.25. The molecule has 0 saturated heterocycles. The molecule has 0 atom stereocenters. The Morgan fingerprint density at radius 1 is 1.47 bits per heavy atom. The van der Waals surface area contributed by atoms with E-state index < -0.39 is 5.97 Å². The quantitative estimate of drug-likeness (QED) is 0.777. The standard InChI is InChI=1S/C9H8N4O2/c1-6-4-8(9(14)15)12-13(6)7-2-3-10-11-5-7/h2-5H,1H3,(H,14,15). The minimum Gasteiger partial charge on any atom is -0.476 e. The van der Waals surface area contributed by atoms with E-state index in [0.717, 1.165) is 5.69 Å². The molecule has 0 aromatic carbocycles. The maximum absolute atomic E-state index is 10.7. The minimum atomic E-state index is -1.04. The molecular formula is C9H8N4O2. The summed E-state index contributed by atoms with van der Waals surface area (Å²) in [6, 6.07) is 3.21. The van der Waals surface area contributed by atoms with Crippen molar-refractivity contribution < 1.29 is 9.90 Å². The highest BCUT2D eigenvalue weighted by Gasteiger charge is 2.11. The van der Waals surface area contributed by atoms with Crippen molar-refractivity contribution in [3.63, 3.8) is 0 Å². The molecule has 0 aliphatic carbocycles. The summed E-state index contributed by atoms with van der Waals surface area (Å²) < 4.78 is 1.51. The highest BCUT2D eigenvalue weighted by molar-refractivity contribution is 5.85. The molecule has 0 saturated carbocycles. The third-order valence-corrected chi connectivity index (χ3v) is 1.92. The Morgan fingerprint density at radius 2 is 2.27 bits per heavy atom. The van der Waals surface area contributed by atoms with Gasteiger partial charge < -0.3 is 5.11 Å². The number of aryl methyl sites for hydroxylation is 1. The molecular weight excluding hydrogens is 196 g/mol. The summed E-state index contributed by atoms with van der Waals surface area (Å²) in [5.74, 6) is -1.04. The Morgan fingerprint density at radius 3 is 2.80 bits per heavy atom. The number of nitrogens with zero attached hydrogens (tertiary/aromatic N) is 4. The van der Waals surface area contributed by atoms with Crippen LogP contribution < -0.4 is 0 Å². The van der Waals surface area contributed by atoms with E-state index in [0.29, 0.717) is 5.69 Å². The van der Waals surface area contributed by atoms with Crippen LogP contribution in [0.2, 0.25) is 0 Å². The van der Waals surface area contributed by atoms with Gasteiger partial charge in [0.25, 0.3) is 0 Å². The molecule has 0 bridgehead atoms. The van der Waals surface area contributed by atoms with Gasteiger partial charge in [-0.15, -0.1) is 0 Å². The van der Waals surface area contributed by atoms with Crippen LogP contribution in [-0.2, 0) is 0 Å². The number of hydrogen-bond donors (Lipinski definition) is 1. The zero-order chi connectivity index (χ0) is 10.8. The molecule has 2 aromatic rings. The van der Waals surface area contributed by atoms with Crippen LogP contribution in [0.15, 0.2) is 24.5 Å². The number of carboxylic acid groups (broad SMARTS) is 1. The highest BCUT2D eigenvalue weighted by atomic mass is 16.4. The number of carboxylic acids is 1. The van der Waals surface area contributed by atoms with Crippen molar-refractivity contribution in [2.24, 2.45) is 0 Å². The molecule has 15 heavy (non-hydrogen) atoms. The second-order valence-electron chi connectivity index (χ2n) is 2.99. The Kier molecular flexibility index (Phi) is 2.17. The summed E-state index contributed by atoms with van der Waals surface area (Å²) in [6.45, 7) is 1.78. The summed E-state index contributed by atoms with van der Waals surface area (Å²) in [6.07, 6.45) is 3.04. The molecule has 6 nitrogen and oxygen atoms in total. The smallest absolute Gasteiger partial charge is 0.356 e. The summed E-state index contributed by atoms with van der Waals surface area (Å²) in [5.41, 5.74) is 1.44. The lowest BCUT2D eigenvalue weighted by Crippen LogP contribution is -2.02. The Balaban J connectivity index is 2.50. The molecule has 0 fully saturated rings. The Hall–Kier alpha value is -2.24. The van der Waals surface area contributed by atoms with Crippen LogP contribution in [0.4, 0.5) is 0 Å². The predicted octanol–water partition coefficient (Wildman–Crippen LogP) is 0.669. The summed E-state index contributed by atoms with van der Waals surface area (Å²) in [4.78, 5) is 10.7. The van der Waals surface area contributed by atoms with E-state index in [2.05, 4.69) is 15.3 Å². The summed E-state index contributed by atoms with van der Waals surface area (Å²) >= 11 is 0. The van der Waals surface area contributed by atoms with Crippen LogP contribution >= 0.6 is 0 Å². The van der Waals surface area contributed by atoms with Gasteiger partial charge in [0.05, 0.1) is 18.1 Å². The average Bonchev–Trinajstić information content (AvgIpc) is 2.62. The maximum Gasteiger partial charge on any atom is 0.356 e. The average molecular weight is 204 g/mol. The number of aromatic carboxylic acids is 1. The first-order valence-electron chi connectivity index (χ1n) is 4.25. The monoisotopic (exact) mass is 204 g/mol. The van der Waals surface area contributed by atoms with Gasteiger partial charge in [0.15, 0.2) is 5.69 Å². The van der Waals surface area contributed by atoms with Crippen molar-refractivity contribution in [2.45, 2.75) is 6.92 Å². The third-order valence-electron chi connectivity index (χ3n) is 1.92. The van der Waals surface area contributed by atoms with Crippen molar-refractivity contribution in [2.75, 3.05) is 0 Å². The van der Waals surface area contributed by atoms with Crippen LogP contribution in [0.25, 0.3) is 5.69 Å². The third kappa shape index (κ3) is 1.69. The van der Waals surface area contributed by atoms with Crippen molar-refractivity contribution in [3.05, 3.63) is 35.9 Å². The van der Waals surface area contributed by atoms with Gasteiger partial charge in [-0.05, 0) is 19.1 Å². The van der Waals surface area contributed by atoms with Gasteiger partial charge in [0.2, 0.25) is 0 Å². The fourth-order valence-electron chi connectivity index (χ4n) is 1.25. The minimum absolute atomic E-state index is 0.0179. The number of hydrogen-bond acceptors (Lipinski definition) is 4.